The predicted molar refractivity (Wildman–Crippen MR) is 109 cm³/mol. The maximum atomic E-state index is 12.3. The molecule has 1 aromatic carbocycles. The molecule has 0 aliphatic carbocycles. The van der Waals surface area contributed by atoms with E-state index in [1.165, 1.54) is 11.3 Å². The number of aromatic nitrogens is 1. The van der Waals surface area contributed by atoms with E-state index >= 15 is 0 Å². The first-order valence-electron chi connectivity index (χ1n) is 9.40. The number of rotatable bonds is 9. The molecule has 0 spiro atoms. The fourth-order valence-corrected chi connectivity index (χ4v) is 3.42. The number of unbranched alkanes of at least 4 members (excludes halogenated alkanes) is 1. The van der Waals surface area contributed by atoms with Gasteiger partial charge in [0.25, 0.3) is 11.8 Å². The van der Waals surface area contributed by atoms with E-state index in [1.807, 2.05) is 6.92 Å². The fourth-order valence-electron chi connectivity index (χ4n) is 2.41. The number of nitrogens with one attached hydrogen (secondary N) is 2. The van der Waals surface area contributed by atoms with E-state index in [2.05, 4.69) is 22.8 Å². The Bertz CT molecular complexity index is 789. The highest BCUT2D eigenvalue weighted by Crippen LogP contribution is 2.20. The number of ether oxygens (including phenoxy) is 2. The summed E-state index contributed by atoms with van der Waals surface area (Å²) in [5, 5.41) is 0.933. The molecule has 0 saturated carbocycles. The number of amides is 2. The van der Waals surface area contributed by atoms with Crippen LogP contribution in [-0.2, 0) is 11.2 Å². The lowest BCUT2D eigenvalue weighted by atomic mass is 10.3. The minimum atomic E-state index is -0.777. The van der Waals surface area contributed by atoms with E-state index in [4.69, 9.17) is 9.47 Å². The zero-order chi connectivity index (χ0) is 20.5. The highest BCUT2D eigenvalue weighted by Gasteiger charge is 2.19. The van der Waals surface area contributed by atoms with Crippen LogP contribution in [0.5, 0.6) is 11.5 Å². The normalized spacial score (nSPS) is 11.6. The van der Waals surface area contributed by atoms with E-state index in [0.717, 1.165) is 30.0 Å². The van der Waals surface area contributed by atoms with Crippen LogP contribution in [0.15, 0.2) is 24.3 Å². The molecule has 152 valence electrons. The minimum absolute atomic E-state index is 0.376. The SMILES string of the molecule is CCCCc1nc(C)c(C(=O)NNC(=O)C(C)Oc2ccc(OCC)cc2)s1. The zero-order valence-electron chi connectivity index (χ0n) is 16.7. The number of hydrogen-bond acceptors (Lipinski definition) is 6. The second-order valence-electron chi connectivity index (χ2n) is 6.23. The van der Waals surface area contributed by atoms with E-state index in [-0.39, 0.29) is 5.91 Å². The molecular weight excluding hydrogens is 378 g/mol. The number of carbonyl (C=O) groups excluding carboxylic acids is 2. The lowest BCUT2D eigenvalue weighted by Gasteiger charge is -2.15. The summed E-state index contributed by atoms with van der Waals surface area (Å²) in [6.07, 6.45) is 2.18. The number of thiazole rings is 1. The molecule has 8 heteroatoms. The summed E-state index contributed by atoms with van der Waals surface area (Å²) in [6.45, 7) is 8.00. The monoisotopic (exact) mass is 405 g/mol. The van der Waals surface area contributed by atoms with E-state index in [0.29, 0.717) is 22.9 Å². The first kappa shape index (κ1) is 21.7. The maximum absolute atomic E-state index is 12.3. The molecule has 2 N–H and O–H groups in total. The molecule has 0 bridgehead atoms. The Morgan fingerprint density at radius 1 is 1.14 bits per heavy atom. The molecule has 0 aliphatic rings. The second kappa shape index (κ2) is 10.7. The summed E-state index contributed by atoms with van der Waals surface area (Å²) in [6, 6.07) is 7.00. The van der Waals surface area contributed by atoms with Crippen LogP contribution in [0.3, 0.4) is 0 Å². The van der Waals surface area contributed by atoms with Crippen molar-refractivity contribution >= 4 is 23.2 Å². The van der Waals surface area contributed by atoms with Crippen LogP contribution < -0.4 is 20.3 Å². The third-order valence-corrected chi connectivity index (χ3v) is 5.12. The summed E-state index contributed by atoms with van der Waals surface area (Å²) < 4.78 is 11.0. The van der Waals surface area contributed by atoms with Gasteiger partial charge in [-0.15, -0.1) is 11.3 Å². The smallest absolute Gasteiger partial charge is 0.281 e. The first-order valence-corrected chi connectivity index (χ1v) is 10.2. The lowest BCUT2D eigenvalue weighted by molar-refractivity contribution is -0.128. The van der Waals surface area contributed by atoms with Crippen LogP contribution in [0.4, 0.5) is 0 Å². The van der Waals surface area contributed by atoms with Gasteiger partial charge in [0.1, 0.15) is 16.4 Å². The second-order valence-corrected chi connectivity index (χ2v) is 7.32. The van der Waals surface area contributed by atoms with Crippen LogP contribution in [0.2, 0.25) is 0 Å². The number of aryl methyl sites for hydroxylation is 2. The third-order valence-electron chi connectivity index (χ3n) is 3.91. The molecule has 2 amide bonds. The van der Waals surface area contributed by atoms with Crippen LogP contribution in [0, 0.1) is 6.92 Å². The highest BCUT2D eigenvalue weighted by atomic mass is 32.1. The molecular formula is C20H27N3O4S. The number of nitrogens with zero attached hydrogens (tertiary/aromatic N) is 1. The van der Waals surface area contributed by atoms with Crippen molar-refractivity contribution in [2.45, 2.75) is 53.1 Å². The number of hydrogen-bond donors (Lipinski definition) is 2. The van der Waals surface area contributed by atoms with E-state index in [1.54, 1.807) is 38.1 Å². The molecule has 0 radical (unpaired) electrons. The molecule has 1 heterocycles. The fraction of sp³-hybridized carbons (Fsp3) is 0.450. The van der Waals surface area contributed by atoms with Crippen LogP contribution in [-0.4, -0.2) is 29.5 Å². The van der Waals surface area contributed by atoms with Crippen molar-refractivity contribution in [3.05, 3.63) is 39.8 Å². The molecule has 2 aromatic rings. The summed E-state index contributed by atoms with van der Waals surface area (Å²) >= 11 is 1.36. The van der Waals surface area contributed by atoms with Crippen LogP contribution in [0.1, 0.15) is 54.0 Å². The Kier molecular flexibility index (Phi) is 8.25. The number of benzene rings is 1. The molecule has 1 aromatic heterocycles. The van der Waals surface area contributed by atoms with Crippen LogP contribution in [0.25, 0.3) is 0 Å². The Labute approximate surface area is 169 Å². The van der Waals surface area contributed by atoms with Crippen molar-refractivity contribution in [1.29, 1.82) is 0 Å². The Morgan fingerprint density at radius 3 is 2.46 bits per heavy atom. The van der Waals surface area contributed by atoms with Gasteiger partial charge in [-0.05, 0) is 57.9 Å². The van der Waals surface area contributed by atoms with Crippen LogP contribution >= 0.6 is 11.3 Å². The average Bonchev–Trinajstić information content (AvgIpc) is 3.06. The summed E-state index contributed by atoms with van der Waals surface area (Å²) in [7, 11) is 0. The molecule has 7 nitrogen and oxygen atoms in total. The largest absolute Gasteiger partial charge is 0.494 e. The molecule has 28 heavy (non-hydrogen) atoms. The lowest BCUT2D eigenvalue weighted by Crippen LogP contribution is -2.47. The number of carbonyl (C=O) groups is 2. The van der Waals surface area contributed by atoms with Gasteiger partial charge in [0, 0.05) is 0 Å². The van der Waals surface area contributed by atoms with Gasteiger partial charge in [-0.25, -0.2) is 4.98 Å². The maximum Gasteiger partial charge on any atom is 0.281 e. The highest BCUT2D eigenvalue weighted by molar-refractivity contribution is 7.13. The van der Waals surface area contributed by atoms with Gasteiger partial charge in [-0.1, -0.05) is 13.3 Å². The summed E-state index contributed by atoms with van der Waals surface area (Å²) in [5.74, 6) is 0.448. The van der Waals surface area contributed by atoms with Gasteiger partial charge >= 0.3 is 0 Å². The van der Waals surface area contributed by atoms with E-state index < -0.39 is 12.0 Å². The molecule has 1 atom stereocenters. The third kappa shape index (κ3) is 6.23. The molecule has 1 unspecified atom stereocenters. The van der Waals surface area contributed by atoms with Crippen molar-refractivity contribution < 1.29 is 19.1 Å². The molecule has 2 rings (SSSR count). The molecule has 0 aliphatic heterocycles. The average molecular weight is 406 g/mol. The van der Waals surface area contributed by atoms with Crippen molar-refractivity contribution in [3.63, 3.8) is 0 Å². The standard InChI is InChI=1S/C20H27N3O4S/c1-5-7-8-17-21-13(3)18(28-17)20(25)23-22-19(24)14(4)27-16-11-9-15(10-12-16)26-6-2/h9-12,14H,5-8H2,1-4H3,(H,22,24)(H,23,25). The van der Waals surface area contributed by atoms with E-state index in [9.17, 15) is 9.59 Å². The zero-order valence-corrected chi connectivity index (χ0v) is 17.5. The topological polar surface area (TPSA) is 89.6 Å². The van der Waals surface area contributed by atoms with Crippen molar-refractivity contribution in [2.75, 3.05) is 6.61 Å². The molecule has 0 fully saturated rings. The quantitative estimate of drug-likeness (QED) is 0.624. The van der Waals surface area contributed by atoms with Gasteiger partial charge < -0.3 is 9.47 Å². The Balaban J connectivity index is 1.85. The Hall–Kier alpha value is -2.61. The van der Waals surface area contributed by atoms with Gasteiger partial charge in [-0.2, -0.15) is 0 Å². The predicted octanol–water partition coefficient (Wildman–Crippen LogP) is 3.42. The van der Waals surface area contributed by atoms with Crippen molar-refractivity contribution in [3.8, 4) is 11.5 Å². The Morgan fingerprint density at radius 2 is 1.82 bits per heavy atom. The molecule has 0 saturated heterocycles. The summed E-state index contributed by atoms with van der Waals surface area (Å²) in [5.41, 5.74) is 5.50. The van der Waals surface area contributed by atoms with Gasteiger partial charge in [0.2, 0.25) is 0 Å². The van der Waals surface area contributed by atoms with Gasteiger partial charge in [0.05, 0.1) is 17.3 Å². The number of hydrazine groups is 1. The summed E-state index contributed by atoms with van der Waals surface area (Å²) in [4.78, 5) is 29.4. The van der Waals surface area contributed by atoms with Gasteiger partial charge in [0.15, 0.2) is 6.10 Å². The van der Waals surface area contributed by atoms with Crippen molar-refractivity contribution in [2.24, 2.45) is 0 Å². The minimum Gasteiger partial charge on any atom is -0.494 e. The van der Waals surface area contributed by atoms with Gasteiger partial charge in [-0.3, -0.25) is 20.4 Å². The van der Waals surface area contributed by atoms with Crippen molar-refractivity contribution in [1.82, 2.24) is 15.8 Å². The first-order chi connectivity index (χ1) is 13.4.